The fourth-order valence-corrected chi connectivity index (χ4v) is 2.91. The molecule has 0 saturated heterocycles. The van der Waals surface area contributed by atoms with Gasteiger partial charge in [0.2, 0.25) is 5.95 Å². The van der Waals surface area contributed by atoms with E-state index in [0.29, 0.717) is 36.3 Å². The van der Waals surface area contributed by atoms with Crippen LogP contribution < -0.4 is 10.1 Å². The Balaban J connectivity index is 1.68. The van der Waals surface area contributed by atoms with Crippen molar-refractivity contribution in [1.82, 2.24) is 19.7 Å². The lowest BCUT2D eigenvalue weighted by Crippen LogP contribution is -2.04. The monoisotopic (exact) mass is 397 g/mol. The van der Waals surface area contributed by atoms with Crippen LogP contribution in [0.4, 0.5) is 16.0 Å². The van der Waals surface area contributed by atoms with Crippen LogP contribution in [0.25, 0.3) is 0 Å². The first-order valence-corrected chi connectivity index (χ1v) is 9.54. The Morgan fingerprint density at radius 2 is 1.93 bits per heavy atom. The van der Waals surface area contributed by atoms with Gasteiger partial charge in [0, 0.05) is 37.1 Å². The van der Waals surface area contributed by atoms with Gasteiger partial charge in [-0.05, 0) is 43.0 Å². The SMILES string of the molecule is CCC(=O)c1cc(CCc2cnc(Nc3cnn(CC)c3)nc2)c(F)c(OC)c1. The molecule has 29 heavy (non-hydrogen) atoms. The third-order valence-electron chi connectivity index (χ3n) is 4.58. The van der Waals surface area contributed by atoms with Gasteiger partial charge in [-0.1, -0.05) is 6.92 Å². The lowest BCUT2D eigenvalue weighted by molar-refractivity contribution is 0.0987. The molecule has 3 aromatic rings. The van der Waals surface area contributed by atoms with Crippen molar-refractivity contribution in [2.75, 3.05) is 12.4 Å². The van der Waals surface area contributed by atoms with Crippen LogP contribution in [-0.4, -0.2) is 32.6 Å². The van der Waals surface area contributed by atoms with Gasteiger partial charge in [-0.25, -0.2) is 14.4 Å². The predicted molar refractivity (Wildman–Crippen MR) is 108 cm³/mol. The standard InChI is InChI=1S/C21H24FN5O2/c1-4-18(28)16-8-15(20(22)19(9-16)29-3)7-6-14-10-23-21(24-11-14)26-17-12-25-27(5-2)13-17/h8-13H,4-7H2,1-3H3,(H,23,24,26). The van der Waals surface area contributed by atoms with Crippen molar-refractivity contribution in [2.45, 2.75) is 39.7 Å². The summed E-state index contributed by atoms with van der Waals surface area (Å²) < 4.78 is 21.5. The van der Waals surface area contributed by atoms with E-state index in [-0.39, 0.29) is 11.5 Å². The van der Waals surface area contributed by atoms with E-state index in [0.717, 1.165) is 17.8 Å². The number of hydrogen-bond acceptors (Lipinski definition) is 6. The molecule has 7 nitrogen and oxygen atoms in total. The number of nitrogens with one attached hydrogen (secondary N) is 1. The Hall–Kier alpha value is -3.29. The Kier molecular flexibility index (Phi) is 6.54. The van der Waals surface area contributed by atoms with E-state index in [1.54, 1.807) is 36.3 Å². The van der Waals surface area contributed by atoms with Crippen molar-refractivity contribution in [3.63, 3.8) is 0 Å². The molecule has 0 bridgehead atoms. The maximum Gasteiger partial charge on any atom is 0.227 e. The molecule has 0 unspecified atom stereocenters. The molecular formula is C21H24FN5O2. The van der Waals surface area contributed by atoms with E-state index >= 15 is 0 Å². The number of aromatic nitrogens is 4. The highest BCUT2D eigenvalue weighted by Crippen LogP contribution is 2.25. The number of methoxy groups -OCH3 is 1. The van der Waals surface area contributed by atoms with Crippen molar-refractivity contribution < 1.29 is 13.9 Å². The molecule has 3 rings (SSSR count). The molecule has 0 radical (unpaired) electrons. The fourth-order valence-electron chi connectivity index (χ4n) is 2.91. The number of carbonyl (C=O) groups excluding carboxylic acids is 1. The van der Waals surface area contributed by atoms with E-state index in [2.05, 4.69) is 20.4 Å². The number of halogens is 1. The van der Waals surface area contributed by atoms with Crippen LogP contribution >= 0.6 is 0 Å². The first-order valence-electron chi connectivity index (χ1n) is 9.54. The molecule has 0 aliphatic carbocycles. The number of carbonyl (C=O) groups is 1. The van der Waals surface area contributed by atoms with Crippen LogP contribution in [0.5, 0.6) is 5.75 Å². The second-order valence-electron chi connectivity index (χ2n) is 6.55. The summed E-state index contributed by atoms with van der Waals surface area (Å²) in [5.41, 5.74) is 2.58. The van der Waals surface area contributed by atoms with Gasteiger partial charge in [0.15, 0.2) is 17.3 Å². The van der Waals surface area contributed by atoms with Crippen LogP contribution in [-0.2, 0) is 19.4 Å². The number of ketones is 1. The summed E-state index contributed by atoms with van der Waals surface area (Å²) in [6, 6.07) is 3.06. The van der Waals surface area contributed by atoms with Crippen molar-refractivity contribution in [2.24, 2.45) is 0 Å². The predicted octanol–water partition coefficient (Wildman–Crippen LogP) is 3.96. The number of benzene rings is 1. The molecule has 1 aromatic carbocycles. The lowest BCUT2D eigenvalue weighted by Gasteiger charge is -2.11. The van der Waals surface area contributed by atoms with Crippen LogP contribution in [0.1, 0.15) is 41.8 Å². The molecule has 0 aliphatic rings. The summed E-state index contributed by atoms with van der Waals surface area (Å²) in [4.78, 5) is 20.6. The lowest BCUT2D eigenvalue weighted by atomic mass is 10.00. The number of rotatable bonds is 9. The summed E-state index contributed by atoms with van der Waals surface area (Å²) in [6.07, 6.45) is 8.29. The number of nitrogens with zero attached hydrogens (tertiary/aromatic N) is 4. The quantitative estimate of drug-likeness (QED) is 0.551. The van der Waals surface area contributed by atoms with Gasteiger partial charge in [0.25, 0.3) is 0 Å². The van der Waals surface area contributed by atoms with Gasteiger partial charge in [-0.3, -0.25) is 9.48 Å². The number of anilines is 2. The van der Waals surface area contributed by atoms with Crippen LogP contribution in [0.3, 0.4) is 0 Å². The smallest absolute Gasteiger partial charge is 0.227 e. The van der Waals surface area contributed by atoms with Gasteiger partial charge >= 0.3 is 0 Å². The molecule has 152 valence electrons. The molecule has 2 aromatic heterocycles. The summed E-state index contributed by atoms with van der Waals surface area (Å²) in [6.45, 7) is 4.57. The van der Waals surface area contributed by atoms with Crippen molar-refractivity contribution in [3.8, 4) is 5.75 Å². The minimum Gasteiger partial charge on any atom is -0.494 e. The highest BCUT2D eigenvalue weighted by atomic mass is 19.1. The van der Waals surface area contributed by atoms with Gasteiger partial charge in [-0.2, -0.15) is 5.10 Å². The maximum absolute atomic E-state index is 14.6. The van der Waals surface area contributed by atoms with Crippen molar-refractivity contribution in [3.05, 3.63) is 59.4 Å². The van der Waals surface area contributed by atoms with E-state index < -0.39 is 5.82 Å². The van der Waals surface area contributed by atoms with Crippen molar-refractivity contribution in [1.29, 1.82) is 0 Å². The fraction of sp³-hybridized carbons (Fsp3) is 0.333. The highest BCUT2D eigenvalue weighted by Gasteiger charge is 2.15. The van der Waals surface area contributed by atoms with Crippen molar-refractivity contribution >= 4 is 17.4 Å². The number of ether oxygens (including phenoxy) is 1. The highest BCUT2D eigenvalue weighted by molar-refractivity contribution is 5.96. The average molecular weight is 397 g/mol. The molecule has 0 aliphatic heterocycles. The Morgan fingerprint density at radius 3 is 2.55 bits per heavy atom. The Bertz CT molecular complexity index is 985. The third-order valence-corrected chi connectivity index (χ3v) is 4.58. The first kappa shape index (κ1) is 20.4. The molecule has 0 spiro atoms. The zero-order valence-electron chi connectivity index (χ0n) is 16.8. The molecule has 2 heterocycles. The minimum atomic E-state index is -0.438. The molecule has 8 heteroatoms. The van der Waals surface area contributed by atoms with E-state index in [9.17, 15) is 9.18 Å². The average Bonchev–Trinajstić information content (AvgIpc) is 3.21. The van der Waals surface area contributed by atoms with E-state index in [4.69, 9.17) is 4.74 Å². The second-order valence-corrected chi connectivity index (χ2v) is 6.55. The summed E-state index contributed by atoms with van der Waals surface area (Å²) in [7, 11) is 1.40. The molecule has 1 N–H and O–H groups in total. The number of aryl methyl sites for hydroxylation is 3. The van der Waals surface area contributed by atoms with Crippen LogP contribution in [0.2, 0.25) is 0 Å². The normalized spacial score (nSPS) is 10.8. The van der Waals surface area contributed by atoms with Gasteiger partial charge in [-0.15, -0.1) is 0 Å². The van der Waals surface area contributed by atoms with E-state index in [1.165, 1.54) is 13.2 Å². The molecular weight excluding hydrogens is 373 g/mol. The van der Waals surface area contributed by atoms with Gasteiger partial charge < -0.3 is 10.1 Å². The molecule has 0 fully saturated rings. The maximum atomic E-state index is 14.6. The zero-order valence-corrected chi connectivity index (χ0v) is 16.8. The van der Waals surface area contributed by atoms with Crippen LogP contribution in [0.15, 0.2) is 36.9 Å². The minimum absolute atomic E-state index is 0.0466. The molecule has 0 saturated carbocycles. The summed E-state index contributed by atoms with van der Waals surface area (Å²) >= 11 is 0. The largest absolute Gasteiger partial charge is 0.494 e. The second kappa shape index (κ2) is 9.27. The molecule has 0 atom stereocenters. The molecule has 0 amide bonds. The summed E-state index contributed by atoms with van der Waals surface area (Å²) in [5.74, 6) is 0.0671. The van der Waals surface area contributed by atoms with Crippen LogP contribution in [0, 0.1) is 5.82 Å². The third kappa shape index (κ3) is 4.96. The zero-order chi connectivity index (χ0) is 20.8. The number of hydrogen-bond donors (Lipinski definition) is 1. The first-order chi connectivity index (χ1) is 14.0. The Labute approximate surface area is 169 Å². The summed E-state index contributed by atoms with van der Waals surface area (Å²) in [5, 5.41) is 7.28. The number of Topliss-reactive ketones (excluding diaryl/α,β-unsaturated/α-hetero) is 1. The topological polar surface area (TPSA) is 81.9 Å². The van der Waals surface area contributed by atoms with Gasteiger partial charge in [0.1, 0.15) is 0 Å². The van der Waals surface area contributed by atoms with Gasteiger partial charge in [0.05, 0.1) is 19.0 Å². The van der Waals surface area contributed by atoms with E-state index in [1.807, 2.05) is 13.1 Å². The Morgan fingerprint density at radius 1 is 1.17 bits per heavy atom.